The predicted molar refractivity (Wildman–Crippen MR) is 68.3 cm³/mol. The molecule has 1 rings (SSSR count). The molecule has 0 radical (unpaired) electrons. The molecule has 0 bridgehead atoms. The van der Waals surface area contributed by atoms with Crippen molar-refractivity contribution in [2.45, 2.75) is 26.4 Å². The maximum atomic E-state index is 10.9. The van der Waals surface area contributed by atoms with Crippen LogP contribution >= 0.6 is 0 Å². The molecule has 0 aromatic carbocycles. The number of carbonyl (C=O) groups is 1. The van der Waals surface area contributed by atoms with Gasteiger partial charge in [-0.1, -0.05) is 0 Å². The highest BCUT2D eigenvalue weighted by Crippen LogP contribution is 2.11. The molecule has 8 nitrogen and oxygen atoms in total. The SMILES string of the molecule is CC(C)(C)ON(C=O)CCN1CCNC1=C[N+](=O)[O-]. The molecule has 0 atom stereocenters. The van der Waals surface area contributed by atoms with E-state index in [9.17, 15) is 14.9 Å². The summed E-state index contributed by atoms with van der Waals surface area (Å²) in [7, 11) is 0. The second kappa shape index (κ2) is 6.37. The van der Waals surface area contributed by atoms with Gasteiger partial charge >= 0.3 is 0 Å². The van der Waals surface area contributed by atoms with Crippen LogP contribution in [-0.4, -0.2) is 53.1 Å². The lowest BCUT2D eigenvalue weighted by Crippen LogP contribution is -2.38. The molecule has 0 aromatic rings. The van der Waals surface area contributed by atoms with E-state index in [4.69, 9.17) is 4.84 Å². The molecule has 0 aliphatic carbocycles. The van der Waals surface area contributed by atoms with Crippen LogP contribution in [0.4, 0.5) is 0 Å². The van der Waals surface area contributed by atoms with Crippen LogP contribution in [0.1, 0.15) is 20.8 Å². The zero-order valence-electron chi connectivity index (χ0n) is 11.5. The van der Waals surface area contributed by atoms with E-state index in [0.717, 1.165) is 6.20 Å². The first-order valence-electron chi connectivity index (χ1n) is 6.07. The van der Waals surface area contributed by atoms with Crippen LogP contribution in [0.2, 0.25) is 0 Å². The topological polar surface area (TPSA) is 88.0 Å². The number of hydroxylamine groups is 2. The first kappa shape index (κ1) is 15.2. The summed E-state index contributed by atoms with van der Waals surface area (Å²) in [5, 5.41) is 14.6. The fourth-order valence-electron chi connectivity index (χ4n) is 1.70. The van der Waals surface area contributed by atoms with Gasteiger partial charge in [0.1, 0.15) is 0 Å². The van der Waals surface area contributed by atoms with Crippen LogP contribution < -0.4 is 5.32 Å². The van der Waals surface area contributed by atoms with Gasteiger partial charge in [-0.25, -0.2) is 5.06 Å². The Labute approximate surface area is 112 Å². The molecule has 1 fully saturated rings. The highest BCUT2D eigenvalue weighted by molar-refractivity contribution is 5.45. The van der Waals surface area contributed by atoms with Crippen molar-refractivity contribution in [3.05, 3.63) is 22.1 Å². The van der Waals surface area contributed by atoms with Crippen molar-refractivity contribution in [2.24, 2.45) is 0 Å². The van der Waals surface area contributed by atoms with E-state index in [-0.39, 0.29) is 0 Å². The van der Waals surface area contributed by atoms with Crippen LogP contribution in [0.25, 0.3) is 0 Å². The van der Waals surface area contributed by atoms with Crippen LogP contribution in [-0.2, 0) is 9.63 Å². The second-order valence-corrected chi connectivity index (χ2v) is 5.16. The quantitative estimate of drug-likeness (QED) is 0.421. The molecule has 1 heterocycles. The molecule has 0 saturated carbocycles. The first-order valence-corrected chi connectivity index (χ1v) is 6.07. The highest BCUT2D eigenvalue weighted by Gasteiger charge is 2.21. The van der Waals surface area contributed by atoms with Gasteiger partial charge in [-0.2, -0.15) is 0 Å². The van der Waals surface area contributed by atoms with Crippen molar-refractivity contribution in [1.29, 1.82) is 0 Å². The van der Waals surface area contributed by atoms with Gasteiger partial charge in [-0.15, -0.1) is 0 Å². The van der Waals surface area contributed by atoms with Gasteiger partial charge < -0.3 is 10.2 Å². The van der Waals surface area contributed by atoms with Gasteiger partial charge in [-0.3, -0.25) is 19.7 Å². The maximum absolute atomic E-state index is 10.9. The molecule has 1 aliphatic rings. The lowest BCUT2D eigenvalue weighted by molar-refractivity contribution is -0.404. The third-order valence-electron chi connectivity index (χ3n) is 2.36. The maximum Gasteiger partial charge on any atom is 0.274 e. The molecular weight excluding hydrogens is 252 g/mol. The summed E-state index contributed by atoms with van der Waals surface area (Å²) in [6.07, 6.45) is 1.55. The summed E-state index contributed by atoms with van der Waals surface area (Å²) < 4.78 is 0. The van der Waals surface area contributed by atoms with Crippen LogP contribution in [0, 0.1) is 10.1 Å². The molecule has 0 spiro atoms. The fraction of sp³-hybridized carbons (Fsp3) is 0.727. The lowest BCUT2D eigenvalue weighted by Gasteiger charge is -2.28. The standard InChI is InChI=1S/C11H20N4O4/c1-11(2,3)19-14(9-16)7-6-13-5-4-12-10(13)8-15(17)18/h8-9,12H,4-7H2,1-3H3. The molecule has 1 amide bonds. The molecule has 0 unspecified atom stereocenters. The van der Waals surface area contributed by atoms with Crippen LogP contribution in [0.3, 0.4) is 0 Å². The Balaban J connectivity index is 2.50. The average Bonchev–Trinajstić information content (AvgIpc) is 2.69. The molecule has 19 heavy (non-hydrogen) atoms. The monoisotopic (exact) mass is 272 g/mol. The lowest BCUT2D eigenvalue weighted by atomic mass is 10.2. The van der Waals surface area contributed by atoms with Gasteiger partial charge in [0.05, 0.1) is 17.1 Å². The van der Waals surface area contributed by atoms with Gasteiger partial charge in [0, 0.05) is 19.6 Å². The minimum absolute atomic E-state index is 0.345. The molecule has 0 aromatic heterocycles. The number of hydrogen-bond donors (Lipinski definition) is 1. The summed E-state index contributed by atoms with van der Waals surface area (Å²) in [4.78, 5) is 28.1. The third kappa shape index (κ3) is 5.56. The summed E-state index contributed by atoms with van der Waals surface area (Å²) in [5.74, 6) is 0.464. The summed E-state index contributed by atoms with van der Waals surface area (Å²) in [6.45, 7) is 7.68. The number of nitrogens with one attached hydrogen (secondary N) is 1. The highest BCUT2D eigenvalue weighted by atomic mass is 16.7. The van der Waals surface area contributed by atoms with Crippen molar-refractivity contribution in [3.8, 4) is 0 Å². The Morgan fingerprint density at radius 1 is 1.58 bits per heavy atom. The zero-order valence-corrected chi connectivity index (χ0v) is 11.5. The summed E-state index contributed by atoms with van der Waals surface area (Å²) in [6, 6.07) is 0. The van der Waals surface area contributed by atoms with Crippen molar-refractivity contribution < 1.29 is 14.6 Å². The number of amides is 1. The van der Waals surface area contributed by atoms with Crippen LogP contribution in [0.15, 0.2) is 12.0 Å². The normalized spacial score (nSPS) is 17.4. The molecule has 108 valence electrons. The third-order valence-corrected chi connectivity index (χ3v) is 2.36. The minimum atomic E-state index is -0.496. The number of carbonyl (C=O) groups excluding carboxylic acids is 1. The van der Waals surface area contributed by atoms with E-state index < -0.39 is 10.5 Å². The van der Waals surface area contributed by atoms with Gasteiger partial charge in [0.2, 0.25) is 6.41 Å². The average molecular weight is 272 g/mol. The number of nitro groups is 1. The Kier molecular flexibility index (Phi) is 5.11. The van der Waals surface area contributed by atoms with E-state index in [0.29, 0.717) is 38.4 Å². The summed E-state index contributed by atoms with van der Waals surface area (Å²) >= 11 is 0. The first-order chi connectivity index (χ1) is 8.81. The van der Waals surface area contributed by atoms with Crippen molar-refractivity contribution >= 4 is 6.41 Å². The second-order valence-electron chi connectivity index (χ2n) is 5.16. The van der Waals surface area contributed by atoms with E-state index in [2.05, 4.69) is 5.32 Å². The van der Waals surface area contributed by atoms with Gasteiger partial charge in [0.15, 0.2) is 5.82 Å². The Morgan fingerprint density at radius 2 is 2.26 bits per heavy atom. The molecule has 1 saturated heterocycles. The fourth-order valence-corrected chi connectivity index (χ4v) is 1.70. The molecule has 1 aliphatic heterocycles. The van der Waals surface area contributed by atoms with E-state index in [1.54, 1.807) is 0 Å². The molecular formula is C11H20N4O4. The molecule has 8 heteroatoms. The summed E-state index contributed by atoms with van der Waals surface area (Å²) in [5.41, 5.74) is -0.455. The Morgan fingerprint density at radius 3 is 2.79 bits per heavy atom. The van der Waals surface area contributed by atoms with E-state index in [1.165, 1.54) is 5.06 Å². The van der Waals surface area contributed by atoms with Gasteiger partial charge in [0.25, 0.3) is 6.20 Å². The number of rotatable bonds is 6. The minimum Gasteiger partial charge on any atom is -0.365 e. The Bertz CT molecular complexity index is 364. The molecule has 1 N–H and O–H groups in total. The van der Waals surface area contributed by atoms with Gasteiger partial charge in [-0.05, 0) is 20.8 Å². The van der Waals surface area contributed by atoms with Crippen LogP contribution in [0.5, 0.6) is 0 Å². The van der Waals surface area contributed by atoms with Crippen molar-refractivity contribution in [3.63, 3.8) is 0 Å². The Hall–Kier alpha value is -1.83. The largest absolute Gasteiger partial charge is 0.365 e. The smallest absolute Gasteiger partial charge is 0.274 e. The number of nitrogens with zero attached hydrogens (tertiary/aromatic N) is 3. The van der Waals surface area contributed by atoms with Crippen molar-refractivity contribution in [1.82, 2.24) is 15.3 Å². The van der Waals surface area contributed by atoms with Crippen molar-refractivity contribution in [2.75, 3.05) is 26.2 Å². The predicted octanol–water partition coefficient (Wildman–Crippen LogP) is 0.156. The zero-order chi connectivity index (χ0) is 14.5. The van der Waals surface area contributed by atoms with E-state index >= 15 is 0 Å². The van der Waals surface area contributed by atoms with E-state index in [1.807, 2.05) is 25.7 Å². The number of hydrogen-bond acceptors (Lipinski definition) is 6.